The Hall–Kier alpha value is -2.48. The van der Waals surface area contributed by atoms with Gasteiger partial charge in [-0.1, -0.05) is 36.4 Å². The lowest BCUT2D eigenvalue weighted by atomic mass is 10.1. The zero-order chi connectivity index (χ0) is 12.7. The maximum atomic E-state index is 5.65. The second-order valence-corrected chi connectivity index (χ2v) is 4.70. The molecule has 1 aromatic heterocycles. The number of hydrogen-bond donors (Lipinski definition) is 1. The molecular weight excluding hydrogens is 234 g/mol. The van der Waals surface area contributed by atoms with Gasteiger partial charge >= 0.3 is 0 Å². The summed E-state index contributed by atoms with van der Waals surface area (Å²) in [5, 5.41) is 2.52. The molecule has 19 heavy (non-hydrogen) atoms. The molecule has 0 fully saturated rings. The molecule has 0 saturated carbocycles. The van der Waals surface area contributed by atoms with Crippen molar-refractivity contribution in [2.24, 2.45) is 0 Å². The number of allylic oxidation sites excluding steroid dienone is 2. The molecule has 1 aliphatic rings. The van der Waals surface area contributed by atoms with Crippen molar-refractivity contribution in [3.05, 3.63) is 66.3 Å². The number of fused-ring (bicyclic) bond motifs is 3. The minimum atomic E-state index is 0.649. The summed E-state index contributed by atoms with van der Waals surface area (Å²) < 4.78 is 5.65. The number of nitrogens with one attached hydrogen (secondary N) is 1. The highest BCUT2D eigenvalue weighted by atomic mass is 16.5. The van der Waals surface area contributed by atoms with Crippen LogP contribution in [0.25, 0.3) is 27.6 Å². The Morgan fingerprint density at radius 1 is 0.947 bits per heavy atom. The minimum Gasteiger partial charge on any atom is -0.489 e. The monoisotopic (exact) mass is 247 g/mol. The van der Waals surface area contributed by atoms with Crippen LogP contribution in [0.4, 0.5) is 0 Å². The lowest BCUT2D eigenvalue weighted by Crippen LogP contribution is -1.95. The Kier molecular flexibility index (Phi) is 2.21. The van der Waals surface area contributed by atoms with Crippen LogP contribution in [0.5, 0.6) is 0 Å². The summed E-state index contributed by atoms with van der Waals surface area (Å²) in [6.45, 7) is 0.649. The number of rotatable bonds is 1. The van der Waals surface area contributed by atoms with Gasteiger partial charge in [-0.05, 0) is 24.3 Å². The van der Waals surface area contributed by atoms with Gasteiger partial charge in [-0.2, -0.15) is 0 Å². The van der Waals surface area contributed by atoms with E-state index >= 15 is 0 Å². The standard InChI is InChI=1S/C17H13NO/c1-2-6-15-13(5-1)14-9-8-12(11-16(14)18-15)17-7-3-4-10-19-17/h1-9,11,18H,10H2. The molecule has 4 rings (SSSR count). The maximum absolute atomic E-state index is 5.65. The molecule has 0 aliphatic carbocycles. The molecule has 0 saturated heterocycles. The van der Waals surface area contributed by atoms with Crippen molar-refractivity contribution < 1.29 is 4.74 Å². The van der Waals surface area contributed by atoms with Crippen LogP contribution in [0, 0.1) is 0 Å². The molecule has 2 heteroatoms. The summed E-state index contributed by atoms with van der Waals surface area (Å²) in [7, 11) is 0. The van der Waals surface area contributed by atoms with Crippen LogP contribution >= 0.6 is 0 Å². The van der Waals surface area contributed by atoms with E-state index in [-0.39, 0.29) is 0 Å². The average molecular weight is 247 g/mol. The van der Waals surface area contributed by atoms with E-state index in [4.69, 9.17) is 4.74 Å². The maximum Gasteiger partial charge on any atom is 0.127 e. The van der Waals surface area contributed by atoms with Gasteiger partial charge in [0.15, 0.2) is 0 Å². The summed E-state index contributed by atoms with van der Waals surface area (Å²) in [6.07, 6.45) is 6.05. The normalized spacial score (nSPS) is 14.6. The highest BCUT2D eigenvalue weighted by Crippen LogP contribution is 2.28. The Morgan fingerprint density at radius 2 is 1.84 bits per heavy atom. The molecule has 1 aliphatic heterocycles. The Balaban J connectivity index is 1.94. The number of para-hydroxylation sites is 1. The first-order valence-electron chi connectivity index (χ1n) is 6.42. The Labute approximate surface area is 111 Å². The molecule has 0 spiro atoms. The van der Waals surface area contributed by atoms with Crippen LogP contribution in [0.15, 0.2) is 60.7 Å². The Bertz CT molecular complexity index is 824. The number of H-pyrrole nitrogens is 1. The highest BCUT2D eigenvalue weighted by molar-refractivity contribution is 6.07. The third kappa shape index (κ3) is 1.65. The molecule has 2 aromatic carbocycles. The van der Waals surface area contributed by atoms with E-state index in [1.54, 1.807) is 0 Å². The molecule has 0 atom stereocenters. The van der Waals surface area contributed by atoms with E-state index in [9.17, 15) is 0 Å². The smallest absolute Gasteiger partial charge is 0.127 e. The van der Waals surface area contributed by atoms with Crippen molar-refractivity contribution in [3.8, 4) is 0 Å². The molecular formula is C17H13NO. The van der Waals surface area contributed by atoms with E-state index in [1.807, 2.05) is 18.2 Å². The lowest BCUT2D eigenvalue weighted by molar-refractivity contribution is 0.316. The first kappa shape index (κ1) is 10.4. The van der Waals surface area contributed by atoms with Crippen molar-refractivity contribution in [2.45, 2.75) is 0 Å². The molecule has 92 valence electrons. The molecule has 0 unspecified atom stereocenters. The van der Waals surface area contributed by atoms with Crippen molar-refractivity contribution >= 4 is 27.6 Å². The van der Waals surface area contributed by atoms with Gasteiger partial charge in [-0.15, -0.1) is 0 Å². The largest absolute Gasteiger partial charge is 0.489 e. The van der Waals surface area contributed by atoms with E-state index < -0.39 is 0 Å². The minimum absolute atomic E-state index is 0.649. The van der Waals surface area contributed by atoms with Gasteiger partial charge in [-0.25, -0.2) is 0 Å². The number of aromatic amines is 1. The summed E-state index contributed by atoms with van der Waals surface area (Å²) >= 11 is 0. The van der Waals surface area contributed by atoms with Crippen LogP contribution in [0.3, 0.4) is 0 Å². The van der Waals surface area contributed by atoms with E-state index in [2.05, 4.69) is 47.4 Å². The average Bonchev–Trinajstić information content (AvgIpc) is 2.86. The number of aromatic nitrogens is 1. The first-order chi connectivity index (χ1) is 9.42. The predicted molar refractivity (Wildman–Crippen MR) is 78.9 cm³/mol. The molecule has 1 N–H and O–H groups in total. The molecule has 0 bridgehead atoms. The topological polar surface area (TPSA) is 25.0 Å². The fourth-order valence-electron chi connectivity index (χ4n) is 2.58. The van der Waals surface area contributed by atoms with Crippen molar-refractivity contribution in [3.63, 3.8) is 0 Å². The van der Waals surface area contributed by atoms with Gasteiger partial charge < -0.3 is 9.72 Å². The van der Waals surface area contributed by atoms with Gasteiger partial charge in [0.1, 0.15) is 12.4 Å². The summed E-state index contributed by atoms with van der Waals surface area (Å²) in [5.74, 6) is 0.933. The molecule has 2 nitrogen and oxygen atoms in total. The van der Waals surface area contributed by atoms with Crippen LogP contribution in [-0.4, -0.2) is 11.6 Å². The van der Waals surface area contributed by atoms with Crippen molar-refractivity contribution in [2.75, 3.05) is 6.61 Å². The van der Waals surface area contributed by atoms with Crippen LogP contribution in [-0.2, 0) is 4.74 Å². The summed E-state index contributed by atoms with van der Waals surface area (Å²) in [5.41, 5.74) is 3.44. The Morgan fingerprint density at radius 3 is 2.74 bits per heavy atom. The SMILES string of the molecule is C1=CCOC(c2ccc3c(c2)[nH]c2ccccc23)=C1. The zero-order valence-electron chi connectivity index (χ0n) is 10.4. The molecule has 0 radical (unpaired) electrons. The molecule has 2 heterocycles. The fraction of sp³-hybridized carbons (Fsp3) is 0.0588. The third-order valence-corrected chi connectivity index (χ3v) is 3.51. The van der Waals surface area contributed by atoms with E-state index in [0.717, 1.165) is 16.8 Å². The fourth-order valence-corrected chi connectivity index (χ4v) is 2.58. The van der Waals surface area contributed by atoms with E-state index in [0.29, 0.717) is 6.61 Å². The highest BCUT2D eigenvalue weighted by Gasteiger charge is 2.08. The van der Waals surface area contributed by atoms with Gasteiger partial charge in [-0.3, -0.25) is 0 Å². The lowest BCUT2D eigenvalue weighted by Gasteiger charge is -2.11. The van der Waals surface area contributed by atoms with Gasteiger partial charge in [0.25, 0.3) is 0 Å². The van der Waals surface area contributed by atoms with Gasteiger partial charge in [0.05, 0.1) is 0 Å². The van der Waals surface area contributed by atoms with E-state index in [1.165, 1.54) is 16.3 Å². The quantitative estimate of drug-likeness (QED) is 0.683. The summed E-state index contributed by atoms with van der Waals surface area (Å²) in [6, 6.07) is 14.8. The number of benzene rings is 2. The molecule has 3 aromatic rings. The third-order valence-electron chi connectivity index (χ3n) is 3.51. The van der Waals surface area contributed by atoms with Crippen LogP contribution < -0.4 is 0 Å². The second-order valence-electron chi connectivity index (χ2n) is 4.70. The molecule has 0 amide bonds. The van der Waals surface area contributed by atoms with Crippen LogP contribution in [0.2, 0.25) is 0 Å². The van der Waals surface area contributed by atoms with Gasteiger partial charge in [0, 0.05) is 27.4 Å². The van der Waals surface area contributed by atoms with Gasteiger partial charge in [0.2, 0.25) is 0 Å². The van der Waals surface area contributed by atoms with Crippen LogP contribution in [0.1, 0.15) is 5.56 Å². The summed E-state index contributed by atoms with van der Waals surface area (Å²) in [4.78, 5) is 3.46. The number of hydrogen-bond acceptors (Lipinski definition) is 1. The zero-order valence-corrected chi connectivity index (χ0v) is 10.4. The predicted octanol–water partition coefficient (Wildman–Crippen LogP) is 4.25. The number of ether oxygens (including phenoxy) is 1. The van der Waals surface area contributed by atoms with Crippen molar-refractivity contribution in [1.82, 2.24) is 4.98 Å². The van der Waals surface area contributed by atoms with Crippen molar-refractivity contribution in [1.29, 1.82) is 0 Å². The second kappa shape index (κ2) is 4.02. The first-order valence-corrected chi connectivity index (χ1v) is 6.42.